The third kappa shape index (κ3) is 4.45. The van der Waals surface area contributed by atoms with Crippen LogP contribution in [0, 0.1) is 6.92 Å². The van der Waals surface area contributed by atoms with Crippen LogP contribution in [-0.2, 0) is 13.0 Å². The minimum atomic E-state index is -1.02. The molecule has 6 heteroatoms. The number of carbonyl (C=O) groups is 1. The van der Waals surface area contributed by atoms with Gasteiger partial charge in [0.1, 0.15) is 10.6 Å². The molecule has 0 aliphatic rings. The normalized spacial score (nSPS) is 10.7. The lowest BCUT2D eigenvalue weighted by Crippen LogP contribution is -2.17. The van der Waals surface area contributed by atoms with Gasteiger partial charge in [-0.1, -0.05) is 30.4 Å². The average molecular weight is 335 g/mol. The number of benzene rings is 1. The van der Waals surface area contributed by atoms with Crippen molar-refractivity contribution in [3.63, 3.8) is 0 Å². The zero-order valence-electron chi connectivity index (χ0n) is 13.4. The van der Waals surface area contributed by atoms with E-state index in [2.05, 4.69) is 0 Å². The van der Waals surface area contributed by atoms with Crippen LogP contribution in [0.15, 0.2) is 29.1 Å². The Morgan fingerprint density at radius 2 is 2.13 bits per heavy atom. The molecule has 0 radical (unpaired) electrons. The maximum atomic E-state index is 11.9. The van der Waals surface area contributed by atoms with Gasteiger partial charge in [0.05, 0.1) is 6.61 Å². The van der Waals surface area contributed by atoms with Gasteiger partial charge in [0, 0.05) is 12.2 Å². The number of aromatic nitrogens is 1. The van der Waals surface area contributed by atoms with E-state index in [1.165, 1.54) is 0 Å². The number of unbranched alkanes of at least 4 members (excludes halogenated alkanes) is 1. The lowest BCUT2D eigenvalue weighted by Gasteiger charge is -2.08. The fraction of sp³-hybridized carbons (Fsp3) is 0.412. The Morgan fingerprint density at radius 1 is 1.35 bits per heavy atom. The molecule has 0 atom stereocenters. The van der Waals surface area contributed by atoms with Gasteiger partial charge in [0.2, 0.25) is 0 Å². The second kappa shape index (κ2) is 7.97. The lowest BCUT2D eigenvalue weighted by atomic mass is 10.2. The Labute approximate surface area is 139 Å². The van der Waals surface area contributed by atoms with Crippen molar-refractivity contribution in [1.82, 2.24) is 4.57 Å². The molecule has 1 aromatic carbocycles. The molecule has 1 aromatic heterocycles. The first-order valence-corrected chi connectivity index (χ1v) is 8.49. The maximum absolute atomic E-state index is 11.9. The van der Waals surface area contributed by atoms with E-state index in [0.717, 1.165) is 35.5 Å². The first kappa shape index (κ1) is 17.3. The lowest BCUT2D eigenvalue weighted by molar-refractivity contribution is 0.0700. The fourth-order valence-electron chi connectivity index (χ4n) is 2.45. The molecule has 124 valence electrons. The van der Waals surface area contributed by atoms with Crippen LogP contribution >= 0.6 is 11.3 Å². The summed E-state index contributed by atoms with van der Waals surface area (Å²) in [5.41, 5.74) is 1.77. The summed E-state index contributed by atoms with van der Waals surface area (Å²) in [5.74, 6) is -0.175. The summed E-state index contributed by atoms with van der Waals surface area (Å²) in [5, 5.41) is 9.13. The van der Waals surface area contributed by atoms with E-state index >= 15 is 0 Å². The Kier molecular flexibility index (Phi) is 5.98. The van der Waals surface area contributed by atoms with Crippen LogP contribution < -0.4 is 9.61 Å². The number of carboxylic acids is 1. The van der Waals surface area contributed by atoms with Gasteiger partial charge in [-0.05, 0) is 43.9 Å². The third-order valence-electron chi connectivity index (χ3n) is 3.56. The van der Waals surface area contributed by atoms with Gasteiger partial charge in [0.25, 0.3) is 0 Å². The Hall–Kier alpha value is -2.08. The SMILES string of the molecule is CCc1c(C(=O)O)sc(=O)n1CCCCOc1cccc(C)c1. The van der Waals surface area contributed by atoms with E-state index in [1.807, 2.05) is 38.1 Å². The molecule has 0 unspecified atom stereocenters. The number of rotatable bonds is 8. The van der Waals surface area contributed by atoms with Crippen molar-refractivity contribution < 1.29 is 14.6 Å². The number of aryl methyl sites for hydroxylation is 1. The van der Waals surface area contributed by atoms with Crippen molar-refractivity contribution in [3.05, 3.63) is 50.1 Å². The Morgan fingerprint density at radius 3 is 2.78 bits per heavy atom. The van der Waals surface area contributed by atoms with Crippen molar-refractivity contribution in [2.24, 2.45) is 0 Å². The molecule has 2 aromatic rings. The summed E-state index contributed by atoms with van der Waals surface area (Å²) in [7, 11) is 0. The molecule has 0 spiro atoms. The summed E-state index contributed by atoms with van der Waals surface area (Å²) in [4.78, 5) is 23.0. The van der Waals surface area contributed by atoms with E-state index in [1.54, 1.807) is 4.57 Å². The standard InChI is InChI=1S/C17H21NO4S/c1-3-14-15(16(19)20)23-17(21)18(14)9-4-5-10-22-13-8-6-7-12(2)11-13/h6-8,11H,3-5,9-10H2,1-2H3,(H,19,20). The summed E-state index contributed by atoms with van der Waals surface area (Å²) < 4.78 is 7.26. The zero-order chi connectivity index (χ0) is 16.8. The van der Waals surface area contributed by atoms with Crippen molar-refractivity contribution >= 4 is 17.3 Å². The minimum absolute atomic E-state index is 0.161. The summed E-state index contributed by atoms with van der Waals surface area (Å²) >= 11 is 0.813. The third-order valence-corrected chi connectivity index (χ3v) is 4.57. The van der Waals surface area contributed by atoms with Gasteiger partial charge in [-0.2, -0.15) is 0 Å². The second-order valence-electron chi connectivity index (χ2n) is 5.33. The number of hydrogen-bond donors (Lipinski definition) is 1. The van der Waals surface area contributed by atoms with Crippen LogP contribution in [0.25, 0.3) is 0 Å². The highest BCUT2D eigenvalue weighted by Gasteiger charge is 2.18. The molecule has 0 saturated heterocycles. The first-order chi connectivity index (χ1) is 11.0. The maximum Gasteiger partial charge on any atom is 0.347 e. The molecule has 0 amide bonds. The van der Waals surface area contributed by atoms with E-state index in [9.17, 15) is 9.59 Å². The molecule has 0 aliphatic carbocycles. The van der Waals surface area contributed by atoms with Gasteiger partial charge in [-0.25, -0.2) is 4.79 Å². The summed E-state index contributed by atoms with van der Waals surface area (Å²) in [6.07, 6.45) is 2.12. The minimum Gasteiger partial charge on any atom is -0.494 e. The van der Waals surface area contributed by atoms with Gasteiger partial charge >= 0.3 is 10.8 Å². The van der Waals surface area contributed by atoms with Gasteiger partial charge in [-0.15, -0.1) is 0 Å². The van der Waals surface area contributed by atoms with Gasteiger partial charge in [-0.3, -0.25) is 4.79 Å². The van der Waals surface area contributed by atoms with Crippen LogP contribution in [0.5, 0.6) is 5.75 Å². The smallest absolute Gasteiger partial charge is 0.347 e. The van der Waals surface area contributed by atoms with Crippen LogP contribution in [0.1, 0.15) is 40.7 Å². The number of ether oxygens (including phenoxy) is 1. The topological polar surface area (TPSA) is 68.5 Å². The van der Waals surface area contributed by atoms with Crippen LogP contribution in [0.4, 0.5) is 0 Å². The predicted molar refractivity (Wildman–Crippen MR) is 90.8 cm³/mol. The highest BCUT2D eigenvalue weighted by atomic mass is 32.1. The van der Waals surface area contributed by atoms with E-state index in [0.29, 0.717) is 25.3 Å². The molecular weight excluding hydrogens is 314 g/mol. The van der Waals surface area contributed by atoms with Gasteiger partial charge < -0.3 is 14.4 Å². The molecule has 5 nitrogen and oxygen atoms in total. The van der Waals surface area contributed by atoms with Crippen LogP contribution in [0.3, 0.4) is 0 Å². The summed E-state index contributed by atoms with van der Waals surface area (Å²) in [6, 6.07) is 7.88. The molecular formula is C17H21NO4S. The molecule has 1 N–H and O–H groups in total. The first-order valence-electron chi connectivity index (χ1n) is 7.68. The molecule has 0 saturated carbocycles. The largest absolute Gasteiger partial charge is 0.494 e. The number of thiazole rings is 1. The number of nitrogens with zero attached hydrogens (tertiary/aromatic N) is 1. The zero-order valence-corrected chi connectivity index (χ0v) is 14.2. The average Bonchev–Trinajstić information content (AvgIpc) is 2.83. The fourth-order valence-corrected chi connectivity index (χ4v) is 3.39. The van der Waals surface area contributed by atoms with E-state index < -0.39 is 5.97 Å². The molecule has 0 aliphatic heterocycles. The molecule has 23 heavy (non-hydrogen) atoms. The van der Waals surface area contributed by atoms with Crippen LogP contribution in [0.2, 0.25) is 0 Å². The summed E-state index contributed by atoms with van der Waals surface area (Å²) in [6.45, 7) is 4.99. The van der Waals surface area contributed by atoms with Crippen LogP contribution in [-0.4, -0.2) is 22.2 Å². The molecule has 1 heterocycles. The predicted octanol–water partition coefficient (Wildman–Crippen LogP) is 3.34. The highest BCUT2D eigenvalue weighted by Crippen LogP contribution is 2.15. The quantitative estimate of drug-likeness (QED) is 0.751. The van der Waals surface area contributed by atoms with Crippen molar-refractivity contribution in [2.75, 3.05) is 6.61 Å². The van der Waals surface area contributed by atoms with Gasteiger partial charge in [0.15, 0.2) is 0 Å². The Bertz CT molecular complexity index is 732. The molecule has 2 rings (SSSR count). The van der Waals surface area contributed by atoms with Crippen molar-refractivity contribution in [2.45, 2.75) is 39.7 Å². The molecule has 0 bridgehead atoms. The van der Waals surface area contributed by atoms with Crippen molar-refractivity contribution in [1.29, 1.82) is 0 Å². The second-order valence-corrected chi connectivity index (χ2v) is 6.29. The number of aromatic carboxylic acids is 1. The highest BCUT2D eigenvalue weighted by molar-refractivity contribution is 7.11. The monoisotopic (exact) mass is 335 g/mol. The van der Waals surface area contributed by atoms with Crippen molar-refractivity contribution in [3.8, 4) is 5.75 Å². The molecule has 0 fully saturated rings. The number of carboxylic acid groups (broad SMARTS) is 1. The number of hydrogen-bond acceptors (Lipinski definition) is 4. The Balaban J connectivity index is 1.87. The van der Waals surface area contributed by atoms with E-state index in [4.69, 9.17) is 9.84 Å². The van der Waals surface area contributed by atoms with E-state index in [-0.39, 0.29) is 9.75 Å².